The number of rotatable bonds is 6. The van der Waals surface area contributed by atoms with Crippen LogP contribution in [0.4, 0.5) is 0 Å². The van der Waals surface area contributed by atoms with Gasteiger partial charge in [-0.2, -0.15) is 0 Å². The van der Waals surface area contributed by atoms with Gasteiger partial charge in [-0.3, -0.25) is 9.80 Å². The Balaban J connectivity index is 1.50. The van der Waals surface area contributed by atoms with E-state index in [2.05, 4.69) is 23.9 Å². The molecule has 0 unspecified atom stereocenters. The Morgan fingerprint density at radius 1 is 0.692 bits per heavy atom. The second-order valence-corrected chi connectivity index (χ2v) is 7.55. The summed E-state index contributed by atoms with van der Waals surface area (Å²) >= 11 is 0. The smallest absolute Gasteiger partial charge is 0.120 e. The fraction of sp³-hybridized carbons (Fsp3) is 0.455. The van der Waals surface area contributed by atoms with E-state index in [9.17, 15) is 10.2 Å². The van der Waals surface area contributed by atoms with Crippen LogP contribution in [-0.4, -0.2) is 46.2 Å². The predicted molar refractivity (Wildman–Crippen MR) is 105 cm³/mol. The Labute approximate surface area is 156 Å². The van der Waals surface area contributed by atoms with E-state index in [1.54, 1.807) is 12.1 Å². The molecule has 4 nitrogen and oxygen atoms in total. The Morgan fingerprint density at radius 3 is 1.38 bits per heavy atom. The molecule has 2 N–H and O–H groups in total. The summed E-state index contributed by atoms with van der Waals surface area (Å²) in [4.78, 5) is 4.74. The molecule has 1 aliphatic rings. The molecule has 2 aromatic rings. The van der Waals surface area contributed by atoms with Crippen LogP contribution in [0.5, 0.6) is 11.5 Å². The van der Waals surface area contributed by atoms with Crippen LogP contribution in [0, 0.1) is 0 Å². The number of hydrogen-bond donors (Lipinski definition) is 2. The van der Waals surface area contributed by atoms with Crippen LogP contribution in [0.15, 0.2) is 48.5 Å². The molecule has 2 aromatic carbocycles. The van der Waals surface area contributed by atoms with Gasteiger partial charge in [0.15, 0.2) is 0 Å². The number of phenolic OH excluding ortho intramolecular Hbond substituents is 2. The van der Waals surface area contributed by atoms with Gasteiger partial charge in [0, 0.05) is 36.3 Å². The standard InChI is InChI=1S/C22H30N2O2/c1-23(15-17-7-3-5-9-21(17)25)19-11-13-20(14-12-19)24(2)16-18-8-4-6-10-22(18)26/h3-10,19-20,25-26H,11-16H2,1-2H3. The first-order valence-electron chi connectivity index (χ1n) is 9.49. The molecule has 4 heteroatoms. The summed E-state index contributed by atoms with van der Waals surface area (Å²) in [6.45, 7) is 1.57. The Kier molecular flexibility index (Phi) is 6.17. The highest BCUT2D eigenvalue weighted by molar-refractivity contribution is 5.32. The molecule has 1 saturated carbocycles. The van der Waals surface area contributed by atoms with Crippen molar-refractivity contribution < 1.29 is 10.2 Å². The molecule has 0 aromatic heterocycles. The van der Waals surface area contributed by atoms with Crippen LogP contribution in [-0.2, 0) is 13.1 Å². The highest BCUT2D eigenvalue weighted by atomic mass is 16.3. The van der Waals surface area contributed by atoms with Crippen molar-refractivity contribution in [2.45, 2.75) is 50.9 Å². The van der Waals surface area contributed by atoms with Crippen LogP contribution < -0.4 is 0 Å². The molecule has 1 fully saturated rings. The van der Waals surface area contributed by atoms with Gasteiger partial charge in [-0.15, -0.1) is 0 Å². The first-order chi connectivity index (χ1) is 12.5. The van der Waals surface area contributed by atoms with Gasteiger partial charge in [0.2, 0.25) is 0 Å². The van der Waals surface area contributed by atoms with Crippen molar-refractivity contribution in [2.75, 3.05) is 14.1 Å². The summed E-state index contributed by atoms with van der Waals surface area (Å²) in [5.74, 6) is 0.769. The van der Waals surface area contributed by atoms with Crippen molar-refractivity contribution in [3.05, 3.63) is 59.7 Å². The molecule has 3 rings (SSSR count). The second kappa shape index (κ2) is 8.56. The molecule has 0 amide bonds. The molecule has 0 radical (unpaired) electrons. The molecule has 26 heavy (non-hydrogen) atoms. The highest BCUT2D eigenvalue weighted by Gasteiger charge is 2.26. The van der Waals surface area contributed by atoms with Gasteiger partial charge >= 0.3 is 0 Å². The van der Waals surface area contributed by atoms with Gasteiger partial charge in [-0.25, -0.2) is 0 Å². The summed E-state index contributed by atoms with van der Waals surface area (Å²) in [5.41, 5.74) is 1.99. The normalized spacial score (nSPS) is 20.6. The number of para-hydroxylation sites is 2. The lowest BCUT2D eigenvalue weighted by molar-refractivity contribution is 0.116. The SMILES string of the molecule is CN(Cc1ccccc1O)C1CCC(N(C)Cc2ccccc2O)CC1. The fourth-order valence-electron chi connectivity index (χ4n) is 4.02. The lowest BCUT2D eigenvalue weighted by atomic mass is 9.89. The molecule has 0 saturated heterocycles. The number of benzene rings is 2. The average Bonchev–Trinajstić information content (AvgIpc) is 2.65. The van der Waals surface area contributed by atoms with Gasteiger partial charge in [0.1, 0.15) is 11.5 Å². The number of phenols is 2. The predicted octanol–water partition coefficient (Wildman–Crippen LogP) is 3.97. The summed E-state index contributed by atoms with van der Waals surface area (Å²) < 4.78 is 0. The zero-order valence-electron chi connectivity index (χ0n) is 15.8. The third kappa shape index (κ3) is 4.57. The third-order valence-corrected chi connectivity index (χ3v) is 5.74. The van der Waals surface area contributed by atoms with Crippen molar-refractivity contribution in [2.24, 2.45) is 0 Å². The molecule has 0 bridgehead atoms. The topological polar surface area (TPSA) is 46.9 Å². The summed E-state index contributed by atoms with van der Waals surface area (Å²) in [5, 5.41) is 20.0. The average molecular weight is 354 g/mol. The van der Waals surface area contributed by atoms with Crippen molar-refractivity contribution >= 4 is 0 Å². The molecule has 140 valence electrons. The van der Waals surface area contributed by atoms with Crippen LogP contribution >= 0.6 is 0 Å². The maximum absolute atomic E-state index is 9.98. The Bertz CT molecular complexity index is 649. The Hall–Kier alpha value is -2.04. The van der Waals surface area contributed by atoms with E-state index < -0.39 is 0 Å². The van der Waals surface area contributed by atoms with Crippen molar-refractivity contribution in [1.82, 2.24) is 9.80 Å². The summed E-state index contributed by atoms with van der Waals surface area (Å²) in [7, 11) is 4.31. The van der Waals surface area contributed by atoms with E-state index in [0.29, 0.717) is 23.6 Å². The third-order valence-electron chi connectivity index (χ3n) is 5.74. The number of nitrogens with zero attached hydrogens (tertiary/aromatic N) is 2. The Morgan fingerprint density at radius 2 is 1.04 bits per heavy atom. The van der Waals surface area contributed by atoms with Gasteiger partial charge in [0.05, 0.1) is 0 Å². The molecular formula is C22H30N2O2. The monoisotopic (exact) mass is 354 g/mol. The van der Waals surface area contributed by atoms with E-state index in [4.69, 9.17) is 0 Å². The van der Waals surface area contributed by atoms with Gasteiger partial charge < -0.3 is 10.2 Å². The van der Waals surface area contributed by atoms with Gasteiger partial charge in [-0.1, -0.05) is 36.4 Å². The maximum atomic E-state index is 9.98. The highest BCUT2D eigenvalue weighted by Crippen LogP contribution is 2.29. The molecule has 1 aliphatic carbocycles. The molecule has 0 spiro atoms. The first-order valence-corrected chi connectivity index (χ1v) is 9.49. The van der Waals surface area contributed by atoms with E-state index in [1.807, 2.05) is 36.4 Å². The van der Waals surface area contributed by atoms with Crippen LogP contribution in [0.3, 0.4) is 0 Å². The van der Waals surface area contributed by atoms with Crippen LogP contribution in [0.25, 0.3) is 0 Å². The zero-order valence-corrected chi connectivity index (χ0v) is 15.8. The minimum atomic E-state index is 0.385. The summed E-state index contributed by atoms with van der Waals surface area (Å²) in [6, 6.07) is 16.3. The minimum absolute atomic E-state index is 0.385. The molecule has 0 heterocycles. The second-order valence-electron chi connectivity index (χ2n) is 7.55. The van der Waals surface area contributed by atoms with Crippen molar-refractivity contribution in [3.8, 4) is 11.5 Å². The molecule has 0 atom stereocenters. The molecular weight excluding hydrogens is 324 g/mol. The van der Waals surface area contributed by atoms with Crippen LogP contribution in [0.2, 0.25) is 0 Å². The van der Waals surface area contributed by atoms with Crippen LogP contribution in [0.1, 0.15) is 36.8 Å². The quantitative estimate of drug-likeness (QED) is 0.824. The van der Waals surface area contributed by atoms with Crippen molar-refractivity contribution in [1.29, 1.82) is 0 Å². The maximum Gasteiger partial charge on any atom is 0.120 e. The lowest BCUT2D eigenvalue weighted by Crippen LogP contribution is -2.41. The van der Waals surface area contributed by atoms with Gasteiger partial charge in [-0.05, 0) is 51.9 Å². The zero-order chi connectivity index (χ0) is 18.5. The van der Waals surface area contributed by atoms with E-state index in [-0.39, 0.29) is 0 Å². The minimum Gasteiger partial charge on any atom is -0.508 e. The van der Waals surface area contributed by atoms with Crippen molar-refractivity contribution in [3.63, 3.8) is 0 Å². The number of aromatic hydroxyl groups is 2. The van der Waals surface area contributed by atoms with Gasteiger partial charge in [0.25, 0.3) is 0 Å². The van der Waals surface area contributed by atoms with E-state index >= 15 is 0 Å². The lowest BCUT2D eigenvalue weighted by Gasteiger charge is -2.38. The summed E-state index contributed by atoms with van der Waals surface area (Å²) in [6.07, 6.45) is 4.67. The first kappa shape index (κ1) is 18.7. The molecule has 0 aliphatic heterocycles. The fourth-order valence-corrected chi connectivity index (χ4v) is 4.02. The largest absolute Gasteiger partial charge is 0.508 e. The van der Waals surface area contributed by atoms with E-state index in [0.717, 1.165) is 24.2 Å². The van der Waals surface area contributed by atoms with E-state index in [1.165, 1.54) is 25.7 Å². The number of hydrogen-bond acceptors (Lipinski definition) is 4.